The van der Waals surface area contributed by atoms with Gasteiger partial charge in [0.05, 0.1) is 19.8 Å². The maximum Gasteiger partial charge on any atom is 0.317 e. The number of carbonyl (C=O) groups excluding carboxylic acids is 1. The molecular formula is C23H30INO3. The minimum atomic E-state index is -0.397. The second kappa shape index (κ2) is 10.9. The van der Waals surface area contributed by atoms with Crippen molar-refractivity contribution in [1.82, 2.24) is 4.90 Å². The van der Waals surface area contributed by atoms with Gasteiger partial charge in [-0.15, -0.1) is 24.0 Å². The molecule has 28 heavy (non-hydrogen) atoms. The van der Waals surface area contributed by atoms with E-state index in [0.29, 0.717) is 6.61 Å². The number of nitrogens with zero attached hydrogens (tertiary/aromatic N) is 1. The van der Waals surface area contributed by atoms with Crippen molar-refractivity contribution in [2.75, 3.05) is 39.5 Å². The maximum absolute atomic E-state index is 13.0. The predicted octanol–water partition coefficient (Wildman–Crippen LogP) is 4.34. The van der Waals surface area contributed by atoms with Crippen LogP contribution in [0.2, 0.25) is 0 Å². The van der Waals surface area contributed by atoms with Crippen LogP contribution in [0.4, 0.5) is 0 Å². The molecule has 1 fully saturated rings. The van der Waals surface area contributed by atoms with Crippen LogP contribution in [0.3, 0.4) is 0 Å². The lowest BCUT2D eigenvalue weighted by Crippen LogP contribution is -2.43. The fraction of sp³-hybridized carbons (Fsp3) is 0.435. The van der Waals surface area contributed by atoms with Gasteiger partial charge in [-0.1, -0.05) is 74.5 Å². The first-order valence-electron chi connectivity index (χ1n) is 9.62. The maximum atomic E-state index is 13.0. The number of hydrogen-bond acceptors (Lipinski definition) is 4. The molecule has 1 aliphatic heterocycles. The third-order valence-corrected chi connectivity index (χ3v) is 4.86. The van der Waals surface area contributed by atoms with Crippen molar-refractivity contribution >= 4 is 29.9 Å². The summed E-state index contributed by atoms with van der Waals surface area (Å²) < 4.78 is 11.2. The lowest BCUT2D eigenvalue weighted by Gasteiger charge is -2.34. The highest BCUT2D eigenvalue weighted by Crippen LogP contribution is 2.27. The number of esters is 1. The molecule has 1 aliphatic rings. The summed E-state index contributed by atoms with van der Waals surface area (Å²) in [6.45, 7) is 9.03. The third kappa shape index (κ3) is 6.57. The van der Waals surface area contributed by atoms with E-state index in [1.807, 2.05) is 60.7 Å². The number of hydrogen-bond donors (Lipinski definition) is 0. The molecule has 0 spiro atoms. The molecule has 0 aliphatic carbocycles. The highest BCUT2D eigenvalue weighted by atomic mass is 127. The normalized spacial score (nSPS) is 15.1. The van der Waals surface area contributed by atoms with Crippen molar-refractivity contribution in [1.29, 1.82) is 0 Å². The molecule has 152 valence electrons. The summed E-state index contributed by atoms with van der Waals surface area (Å²) in [5.41, 5.74) is 1.81. The third-order valence-electron chi connectivity index (χ3n) is 4.86. The molecule has 4 nitrogen and oxygen atoms in total. The monoisotopic (exact) mass is 495 g/mol. The smallest absolute Gasteiger partial charge is 0.317 e. The number of halogens is 1. The SMILES string of the molecule is CC(C)(COC(=O)C(c1ccccc1)c1ccccc1)CN1CCOCC1.I. The summed E-state index contributed by atoms with van der Waals surface area (Å²) in [4.78, 5) is 15.4. The summed E-state index contributed by atoms with van der Waals surface area (Å²) >= 11 is 0. The molecule has 1 saturated heterocycles. The number of morpholine rings is 1. The van der Waals surface area contributed by atoms with Crippen LogP contribution in [0.5, 0.6) is 0 Å². The largest absolute Gasteiger partial charge is 0.464 e. The van der Waals surface area contributed by atoms with Gasteiger partial charge in [-0.2, -0.15) is 0 Å². The molecule has 0 unspecified atom stereocenters. The van der Waals surface area contributed by atoms with Crippen molar-refractivity contribution in [3.63, 3.8) is 0 Å². The highest BCUT2D eigenvalue weighted by Gasteiger charge is 2.29. The molecule has 5 heteroatoms. The van der Waals surface area contributed by atoms with E-state index < -0.39 is 5.92 Å². The average molecular weight is 495 g/mol. The van der Waals surface area contributed by atoms with Gasteiger partial charge in [0.1, 0.15) is 5.92 Å². The Bertz CT molecular complexity index is 676. The zero-order valence-corrected chi connectivity index (χ0v) is 19.0. The Balaban J connectivity index is 0.00000280. The number of ether oxygens (including phenoxy) is 2. The van der Waals surface area contributed by atoms with E-state index in [2.05, 4.69) is 18.7 Å². The van der Waals surface area contributed by atoms with Crippen molar-refractivity contribution < 1.29 is 14.3 Å². The first kappa shape index (κ1) is 22.8. The van der Waals surface area contributed by atoms with Crippen LogP contribution in [-0.2, 0) is 14.3 Å². The van der Waals surface area contributed by atoms with E-state index in [9.17, 15) is 4.79 Å². The van der Waals surface area contributed by atoms with Gasteiger partial charge in [0, 0.05) is 25.0 Å². The molecule has 2 aromatic rings. The van der Waals surface area contributed by atoms with Gasteiger partial charge in [0.25, 0.3) is 0 Å². The van der Waals surface area contributed by atoms with Gasteiger partial charge < -0.3 is 9.47 Å². The van der Waals surface area contributed by atoms with Gasteiger partial charge in [0.15, 0.2) is 0 Å². The van der Waals surface area contributed by atoms with Crippen molar-refractivity contribution in [2.45, 2.75) is 19.8 Å². The van der Waals surface area contributed by atoms with Crippen LogP contribution >= 0.6 is 24.0 Å². The standard InChI is InChI=1S/C23H29NO3.HI/c1-23(2,17-24-13-15-26-16-14-24)18-27-22(25)21(19-9-5-3-6-10-19)20-11-7-4-8-12-20;/h3-12,21H,13-18H2,1-2H3;1H. The number of rotatable bonds is 7. The second-order valence-corrected chi connectivity index (χ2v) is 7.91. The van der Waals surface area contributed by atoms with E-state index in [1.165, 1.54) is 0 Å². The summed E-state index contributed by atoms with van der Waals surface area (Å²) in [6, 6.07) is 19.7. The Morgan fingerprint density at radius 2 is 1.50 bits per heavy atom. The molecule has 0 atom stereocenters. The molecular weight excluding hydrogens is 465 g/mol. The zero-order chi connectivity index (χ0) is 19.1. The Morgan fingerprint density at radius 1 is 1.00 bits per heavy atom. The van der Waals surface area contributed by atoms with E-state index >= 15 is 0 Å². The fourth-order valence-electron chi connectivity index (χ4n) is 3.52. The summed E-state index contributed by atoms with van der Waals surface area (Å²) in [6.07, 6.45) is 0. The van der Waals surface area contributed by atoms with Crippen molar-refractivity contribution in [3.8, 4) is 0 Å². The van der Waals surface area contributed by atoms with E-state index in [4.69, 9.17) is 9.47 Å². The summed E-state index contributed by atoms with van der Waals surface area (Å²) in [7, 11) is 0. The van der Waals surface area contributed by atoms with Gasteiger partial charge in [-0.3, -0.25) is 9.69 Å². The molecule has 0 bridgehead atoms. The Hall–Kier alpha value is -1.44. The van der Waals surface area contributed by atoms with Gasteiger partial charge in [-0.25, -0.2) is 0 Å². The molecule has 0 radical (unpaired) electrons. The van der Waals surface area contributed by atoms with Gasteiger partial charge >= 0.3 is 5.97 Å². The topological polar surface area (TPSA) is 38.8 Å². The second-order valence-electron chi connectivity index (χ2n) is 7.91. The number of benzene rings is 2. The van der Waals surface area contributed by atoms with Gasteiger partial charge in [-0.05, 0) is 11.1 Å². The molecule has 1 heterocycles. The first-order valence-corrected chi connectivity index (χ1v) is 9.62. The lowest BCUT2D eigenvalue weighted by molar-refractivity contribution is -0.148. The minimum absolute atomic E-state index is 0. The average Bonchev–Trinajstić information content (AvgIpc) is 2.69. The zero-order valence-electron chi connectivity index (χ0n) is 16.7. The molecule has 3 rings (SSSR count). The van der Waals surface area contributed by atoms with Gasteiger partial charge in [0.2, 0.25) is 0 Å². The van der Waals surface area contributed by atoms with E-state index in [0.717, 1.165) is 44.0 Å². The van der Waals surface area contributed by atoms with Crippen LogP contribution < -0.4 is 0 Å². The molecule has 0 N–H and O–H groups in total. The summed E-state index contributed by atoms with van der Waals surface area (Å²) in [5.74, 6) is -0.589. The molecule has 0 amide bonds. The molecule has 0 aromatic heterocycles. The van der Waals surface area contributed by atoms with Crippen LogP contribution in [0.1, 0.15) is 30.9 Å². The minimum Gasteiger partial charge on any atom is -0.464 e. The Kier molecular flexibility index (Phi) is 8.92. The van der Waals surface area contributed by atoms with Crippen molar-refractivity contribution in [2.24, 2.45) is 5.41 Å². The highest BCUT2D eigenvalue weighted by molar-refractivity contribution is 14.0. The molecule has 0 saturated carbocycles. The van der Waals surface area contributed by atoms with Crippen molar-refractivity contribution in [3.05, 3.63) is 71.8 Å². The van der Waals surface area contributed by atoms with Crippen LogP contribution in [0, 0.1) is 5.41 Å². The predicted molar refractivity (Wildman–Crippen MR) is 122 cm³/mol. The quantitative estimate of drug-likeness (QED) is 0.424. The summed E-state index contributed by atoms with van der Waals surface area (Å²) in [5, 5.41) is 0. The van der Waals surface area contributed by atoms with Crippen LogP contribution in [0.15, 0.2) is 60.7 Å². The lowest BCUT2D eigenvalue weighted by atomic mass is 9.90. The Labute approximate surface area is 185 Å². The van der Waals surface area contributed by atoms with Crippen LogP contribution in [-0.4, -0.2) is 50.3 Å². The Morgan fingerprint density at radius 3 is 2.00 bits per heavy atom. The van der Waals surface area contributed by atoms with Crippen LogP contribution in [0.25, 0.3) is 0 Å². The fourth-order valence-corrected chi connectivity index (χ4v) is 3.52. The van der Waals surface area contributed by atoms with E-state index in [1.54, 1.807) is 0 Å². The first-order chi connectivity index (χ1) is 13.1. The molecule has 2 aromatic carbocycles. The number of carbonyl (C=O) groups is 1. The van der Waals surface area contributed by atoms with E-state index in [-0.39, 0.29) is 35.4 Å².